The second-order valence-corrected chi connectivity index (χ2v) is 10.8. The fourth-order valence-electron chi connectivity index (χ4n) is 4.33. The zero-order valence-corrected chi connectivity index (χ0v) is 21.4. The molecule has 10 nitrogen and oxygen atoms in total. The average Bonchev–Trinajstić information content (AvgIpc) is 3.59. The van der Waals surface area contributed by atoms with E-state index in [2.05, 4.69) is 36.0 Å². The molecule has 1 aliphatic rings. The van der Waals surface area contributed by atoms with Crippen LogP contribution in [0.3, 0.4) is 0 Å². The van der Waals surface area contributed by atoms with E-state index in [1.165, 1.54) is 22.7 Å². The van der Waals surface area contributed by atoms with Gasteiger partial charge in [-0.1, -0.05) is 65.5 Å². The fourth-order valence-corrected chi connectivity index (χ4v) is 6.13. The van der Waals surface area contributed by atoms with Crippen LogP contribution in [0.25, 0.3) is 0 Å². The highest BCUT2D eigenvalue weighted by atomic mass is 32.1. The van der Waals surface area contributed by atoms with Crippen molar-refractivity contribution in [2.45, 2.75) is 50.0 Å². The summed E-state index contributed by atoms with van der Waals surface area (Å²) in [7, 11) is 0. The van der Waals surface area contributed by atoms with Gasteiger partial charge in [-0.15, -0.1) is 20.4 Å². The predicted octanol–water partition coefficient (Wildman–Crippen LogP) is 4.08. The lowest BCUT2D eigenvalue weighted by Gasteiger charge is -2.25. The third kappa shape index (κ3) is 6.40. The lowest BCUT2D eigenvalue weighted by atomic mass is 9.82. The Morgan fingerprint density at radius 3 is 2.19 bits per heavy atom. The molecule has 3 aromatic heterocycles. The molecular weight excluding hydrogens is 510 g/mol. The molecule has 5 rings (SSSR count). The van der Waals surface area contributed by atoms with Crippen LogP contribution >= 0.6 is 22.7 Å². The quantitative estimate of drug-likeness (QED) is 0.306. The summed E-state index contributed by atoms with van der Waals surface area (Å²) in [6.45, 7) is 0. The van der Waals surface area contributed by atoms with Gasteiger partial charge in [-0.25, -0.2) is 0 Å². The third-order valence-electron chi connectivity index (χ3n) is 6.16. The van der Waals surface area contributed by atoms with E-state index >= 15 is 0 Å². The molecule has 0 saturated heterocycles. The first-order chi connectivity index (χ1) is 18.0. The molecule has 0 aliphatic heterocycles. The molecule has 2 amide bonds. The van der Waals surface area contributed by atoms with Crippen molar-refractivity contribution in [2.75, 3.05) is 10.6 Å². The molecule has 190 valence electrons. The van der Waals surface area contributed by atoms with Gasteiger partial charge in [0.15, 0.2) is 6.10 Å². The number of carbonyl (C=O) groups excluding carboxylic acids is 2. The van der Waals surface area contributed by atoms with Gasteiger partial charge in [0, 0.05) is 23.7 Å². The van der Waals surface area contributed by atoms with Crippen molar-refractivity contribution in [3.05, 3.63) is 76.0 Å². The van der Waals surface area contributed by atoms with E-state index in [-0.39, 0.29) is 24.2 Å². The van der Waals surface area contributed by atoms with Crippen LogP contribution < -0.4 is 10.6 Å². The van der Waals surface area contributed by atoms with Gasteiger partial charge in [-0.05, 0) is 37.0 Å². The summed E-state index contributed by atoms with van der Waals surface area (Å²) in [6, 6.07) is 14.2. The van der Waals surface area contributed by atoms with Crippen molar-refractivity contribution < 1.29 is 14.7 Å². The number of aromatic nitrogens is 5. The molecule has 1 fully saturated rings. The first kappa shape index (κ1) is 25.1. The highest BCUT2D eigenvalue weighted by Gasteiger charge is 2.30. The Hall–Kier alpha value is -3.61. The molecule has 12 heteroatoms. The molecule has 4 aromatic rings. The van der Waals surface area contributed by atoms with Gasteiger partial charge < -0.3 is 10.4 Å². The van der Waals surface area contributed by atoms with Crippen molar-refractivity contribution >= 4 is 44.8 Å². The van der Waals surface area contributed by atoms with Crippen LogP contribution in [0, 0.1) is 0 Å². The van der Waals surface area contributed by atoms with Gasteiger partial charge in [0.2, 0.25) is 16.2 Å². The van der Waals surface area contributed by atoms with E-state index in [0.29, 0.717) is 21.5 Å². The Balaban J connectivity index is 1.17. The molecule has 1 saturated carbocycles. The van der Waals surface area contributed by atoms with Crippen LogP contribution in [-0.2, 0) is 16.0 Å². The lowest BCUT2D eigenvalue weighted by molar-refractivity contribution is -0.124. The summed E-state index contributed by atoms with van der Waals surface area (Å²) >= 11 is 2.73. The number of benzene rings is 1. The fraction of sp³-hybridized carbons (Fsp3) is 0.320. The summed E-state index contributed by atoms with van der Waals surface area (Å²) in [5.74, 6) is -0.322. The summed E-state index contributed by atoms with van der Waals surface area (Å²) < 4.78 is 0. The summed E-state index contributed by atoms with van der Waals surface area (Å²) in [5, 5.41) is 35.3. The molecule has 3 N–H and O–H groups in total. The van der Waals surface area contributed by atoms with E-state index in [1.54, 1.807) is 30.5 Å². The topological polar surface area (TPSA) is 143 Å². The number of hydrogen-bond acceptors (Lipinski definition) is 10. The van der Waals surface area contributed by atoms with Crippen molar-refractivity contribution in [3.63, 3.8) is 0 Å². The number of anilines is 2. The maximum absolute atomic E-state index is 12.4. The zero-order chi connectivity index (χ0) is 25.6. The van der Waals surface area contributed by atoms with Crippen LogP contribution in [0.15, 0.2) is 54.7 Å². The highest BCUT2D eigenvalue weighted by Crippen LogP contribution is 2.43. The second-order valence-electron chi connectivity index (χ2n) is 8.80. The van der Waals surface area contributed by atoms with Crippen LogP contribution in [0.5, 0.6) is 0 Å². The lowest BCUT2D eigenvalue weighted by Crippen LogP contribution is -2.20. The second kappa shape index (κ2) is 11.6. The zero-order valence-electron chi connectivity index (χ0n) is 19.8. The maximum Gasteiger partial charge on any atom is 0.259 e. The van der Waals surface area contributed by atoms with Crippen LogP contribution in [0.1, 0.15) is 64.9 Å². The minimum atomic E-state index is -1.27. The standard InChI is InChI=1S/C25H25N7O3S2/c33-19(14-18-11-4-5-12-26-18)27-24-31-29-22(36-24)16-9-6-10-17(13-16)23-30-32-25(37-23)28-21(35)20(34)15-7-2-1-3-8-15/h1-5,7-8,11-12,16-17,20,34H,6,9-10,13-14H2,(H,27,31,33)(H,28,32,35). The number of hydrogen-bond donors (Lipinski definition) is 3. The Labute approximate surface area is 221 Å². The normalized spacial score (nSPS) is 18.2. The van der Waals surface area contributed by atoms with Gasteiger partial charge in [-0.2, -0.15) is 0 Å². The molecule has 3 heterocycles. The van der Waals surface area contributed by atoms with E-state index in [4.69, 9.17) is 0 Å². The maximum atomic E-state index is 12.4. The highest BCUT2D eigenvalue weighted by molar-refractivity contribution is 7.15. The van der Waals surface area contributed by atoms with Crippen LogP contribution in [-0.4, -0.2) is 42.3 Å². The average molecular weight is 536 g/mol. The van der Waals surface area contributed by atoms with Gasteiger partial charge in [0.1, 0.15) is 10.0 Å². The van der Waals surface area contributed by atoms with Gasteiger partial charge in [0.05, 0.1) is 6.42 Å². The Kier molecular flexibility index (Phi) is 7.87. The number of carbonyl (C=O) groups is 2. The number of nitrogens with zero attached hydrogens (tertiary/aromatic N) is 5. The van der Waals surface area contributed by atoms with E-state index in [1.807, 2.05) is 24.3 Å². The van der Waals surface area contributed by atoms with Gasteiger partial charge >= 0.3 is 0 Å². The van der Waals surface area contributed by atoms with E-state index < -0.39 is 12.0 Å². The van der Waals surface area contributed by atoms with Gasteiger partial charge in [0.25, 0.3) is 5.91 Å². The molecule has 37 heavy (non-hydrogen) atoms. The van der Waals surface area contributed by atoms with Gasteiger partial charge in [-0.3, -0.25) is 19.9 Å². The Morgan fingerprint density at radius 2 is 1.54 bits per heavy atom. The first-order valence-corrected chi connectivity index (χ1v) is 13.6. The molecule has 3 atom stereocenters. The number of nitrogens with one attached hydrogen (secondary N) is 2. The number of rotatable bonds is 8. The molecule has 3 unspecified atom stereocenters. The van der Waals surface area contributed by atoms with Crippen molar-refractivity contribution in [3.8, 4) is 0 Å². The molecule has 1 aliphatic carbocycles. The van der Waals surface area contributed by atoms with Crippen LogP contribution in [0.4, 0.5) is 10.3 Å². The van der Waals surface area contributed by atoms with Crippen molar-refractivity contribution in [1.82, 2.24) is 25.4 Å². The third-order valence-corrected chi connectivity index (χ3v) is 8.16. The number of pyridine rings is 1. The smallest absolute Gasteiger partial charge is 0.259 e. The summed E-state index contributed by atoms with van der Waals surface area (Å²) in [5.41, 5.74) is 1.21. The number of aliphatic hydroxyl groups is 1. The SMILES string of the molecule is O=C(Cc1ccccn1)Nc1nnc(C2CCCC(c3nnc(NC(=O)C(O)c4ccccc4)s3)C2)s1. The number of aliphatic hydroxyl groups excluding tert-OH is 1. The Bertz CT molecular complexity index is 1350. The minimum absolute atomic E-state index is 0.177. The molecule has 0 bridgehead atoms. The minimum Gasteiger partial charge on any atom is -0.378 e. The summed E-state index contributed by atoms with van der Waals surface area (Å²) in [4.78, 5) is 29.0. The summed E-state index contributed by atoms with van der Waals surface area (Å²) in [6.07, 6.45) is 4.37. The van der Waals surface area contributed by atoms with E-state index in [0.717, 1.165) is 35.7 Å². The first-order valence-electron chi connectivity index (χ1n) is 12.0. The predicted molar refractivity (Wildman–Crippen MR) is 140 cm³/mol. The number of amides is 2. The van der Waals surface area contributed by atoms with Crippen molar-refractivity contribution in [1.29, 1.82) is 0 Å². The van der Waals surface area contributed by atoms with E-state index in [9.17, 15) is 14.7 Å². The molecule has 0 spiro atoms. The van der Waals surface area contributed by atoms with Crippen molar-refractivity contribution in [2.24, 2.45) is 0 Å². The monoisotopic (exact) mass is 535 g/mol. The molecule has 0 radical (unpaired) electrons. The molecular formula is C25H25N7O3S2. The largest absolute Gasteiger partial charge is 0.378 e. The molecule has 1 aromatic carbocycles. The van der Waals surface area contributed by atoms with Crippen LogP contribution in [0.2, 0.25) is 0 Å². The Morgan fingerprint density at radius 1 is 0.892 bits per heavy atom.